The maximum absolute atomic E-state index is 6.15. The standard InChI is InChI=1S/C14H16ClN3S/c1-17-13(10-8-18-7-6-12(10)16)9-19-14-5-3-2-4-11(14)15/h2-8,13,17H,9H2,1H3,(H2,16,18). The Balaban J connectivity index is 2.09. The van der Waals surface area contributed by atoms with Crippen molar-refractivity contribution in [2.75, 3.05) is 18.5 Å². The van der Waals surface area contributed by atoms with E-state index in [1.165, 1.54) is 0 Å². The van der Waals surface area contributed by atoms with Gasteiger partial charge in [0.15, 0.2) is 0 Å². The monoisotopic (exact) mass is 293 g/mol. The predicted molar refractivity (Wildman–Crippen MR) is 82.6 cm³/mol. The van der Waals surface area contributed by atoms with Gasteiger partial charge in [0, 0.05) is 40.3 Å². The number of halogens is 1. The van der Waals surface area contributed by atoms with Gasteiger partial charge in [-0.2, -0.15) is 0 Å². The summed E-state index contributed by atoms with van der Waals surface area (Å²) in [7, 11) is 1.92. The van der Waals surface area contributed by atoms with Gasteiger partial charge in [-0.3, -0.25) is 4.98 Å². The lowest BCUT2D eigenvalue weighted by Gasteiger charge is -2.17. The highest BCUT2D eigenvalue weighted by Gasteiger charge is 2.13. The van der Waals surface area contributed by atoms with Crippen molar-refractivity contribution in [1.29, 1.82) is 0 Å². The van der Waals surface area contributed by atoms with Gasteiger partial charge in [0.25, 0.3) is 0 Å². The molecule has 0 aliphatic carbocycles. The number of rotatable bonds is 5. The quantitative estimate of drug-likeness (QED) is 0.830. The van der Waals surface area contributed by atoms with Crippen molar-refractivity contribution in [2.45, 2.75) is 10.9 Å². The zero-order valence-electron chi connectivity index (χ0n) is 10.6. The Labute approximate surface area is 122 Å². The Morgan fingerprint density at radius 1 is 1.37 bits per heavy atom. The number of hydrogen-bond donors (Lipinski definition) is 2. The molecule has 0 radical (unpaired) electrons. The van der Waals surface area contributed by atoms with Crippen LogP contribution in [0.15, 0.2) is 47.6 Å². The van der Waals surface area contributed by atoms with E-state index in [4.69, 9.17) is 17.3 Å². The molecule has 0 aliphatic rings. The first-order valence-electron chi connectivity index (χ1n) is 5.96. The molecule has 1 aromatic heterocycles. The first-order chi connectivity index (χ1) is 9.22. The number of nitrogens with two attached hydrogens (primary N) is 1. The van der Waals surface area contributed by atoms with Crippen LogP contribution in [-0.4, -0.2) is 17.8 Å². The number of hydrogen-bond acceptors (Lipinski definition) is 4. The summed E-state index contributed by atoms with van der Waals surface area (Å²) in [5.41, 5.74) is 7.76. The molecule has 2 aromatic rings. The number of aromatic nitrogens is 1. The summed E-state index contributed by atoms with van der Waals surface area (Å²) in [4.78, 5) is 5.21. The van der Waals surface area contributed by atoms with Gasteiger partial charge in [-0.05, 0) is 25.2 Å². The fourth-order valence-corrected chi connectivity index (χ4v) is 3.14. The molecule has 0 bridgehead atoms. The maximum atomic E-state index is 6.15. The highest BCUT2D eigenvalue weighted by molar-refractivity contribution is 7.99. The van der Waals surface area contributed by atoms with Crippen LogP contribution in [-0.2, 0) is 0 Å². The molecule has 3 N–H and O–H groups in total. The first kappa shape index (κ1) is 14.2. The molecule has 0 amide bonds. The summed E-state index contributed by atoms with van der Waals surface area (Å²) < 4.78 is 0. The SMILES string of the molecule is CNC(CSc1ccccc1Cl)c1cnccc1N. The van der Waals surface area contributed by atoms with Crippen LogP contribution in [0, 0.1) is 0 Å². The van der Waals surface area contributed by atoms with Crippen molar-refractivity contribution < 1.29 is 0 Å². The van der Waals surface area contributed by atoms with Crippen molar-refractivity contribution in [3.63, 3.8) is 0 Å². The summed E-state index contributed by atoms with van der Waals surface area (Å²) >= 11 is 7.86. The Kier molecular flexibility index (Phi) is 5.07. The minimum atomic E-state index is 0.148. The van der Waals surface area contributed by atoms with Gasteiger partial charge in [0.1, 0.15) is 0 Å². The van der Waals surface area contributed by atoms with Crippen molar-refractivity contribution >= 4 is 29.1 Å². The zero-order valence-corrected chi connectivity index (χ0v) is 12.2. The predicted octanol–water partition coefficient (Wildman–Crippen LogP) is 3.37. The fourth-order valence-electron chi connectivity index (χ4n) is 1.77. The van der Waals surface area contributed by atoms with Crippen LogP contribution in [0.3, 0.4) is 0 Å². The molecule has 0 saturated heterocycles. The Morgan fingerprint density at radius 3 is 2.84 bits per heavy atom. The Morgan fingerprint density at radius 2 is 2.16 bits per heavy atom. The number of pyridine rings is 1. The van der Waals surface area contributed by atoms with Gasteiger partial charge in [0.2, 0.25) is 0 Å². The van der Waals surface area contributed by atoms with Crippen LogP contribution in [0.5, 0.6) is 0 Å². The summed E-state index contributed by atoms with van der Waals surface area (Å²) in [5.74, 6) is 0.843. The number of benzene rings is 1. The minimum Gasteiger partial charge on any atom is -0.398 e. The number of nitrogens with zero attached hydrogens (tertiary/aromatic N) is 1. The molecule has 1 unspecified atom stereocenters. The van der Waals surface area contributed by atoms with Gasteiger partial charge in [0.05, 0.1) is 5.02 Å². The third kappa shape index (κ3) is 3.62. The summed E-state index contributed by atoms with van der Waals surface area (Å²) in [6, 6.07) is 9.81. The van der Waals surface area contributed by atoms with E-state index in [0.717, 1.165) is 26.9 Å². The average Bonchev–Trinajstić information content (AvgIpc) is 2.43. The molecule has 1 atom stereocenters. The molecule has 0 aliphatic heterocycles. The molecule has 2 rings (SSSR count). The largest absolute Gasteiger partial charge is 0.398 e. The molecule has 19 heavy (non-hydrogen) atoms. The Bertz CT molecular complexity index is 548. The van der Waals surface area contributed by atoms with Gasteiger partial charge in [-0.15, -0.1) is 11.8 Å². The minimum absolute atomic E-state index is 0.148. The van der Waals surface area contributed by atoms with Crippen molar-refractivity contribution in [1.82, 2.24) is 10.3 Å². The maximum Gasteiger partial charge on any atom is 0.0541 e. The lowest BCUT2D eigenvalue weighted by Crippen LogP contribution is -2.20. The van der Waals surface area contributed by atoms with E-state index in [9.17, 15) is 0 Å². The lowest BCUT2D eigenvalue weighted by molar-refractivity contribution is 0.661. The summed E-state index contributed by atoms with van der Waals surface area (Å²) in [6.45, 7) is 0. The van der Waals surface area contributed by atoms with E-state index in [0.29, 0.717) is 0 Å². The molecular weight excluding hydrogens is 278 g/mol. The number of anilines is 1. The lowest BCUT2D eigenvalue weighted by atomic mass is 10.1. The fraction of sp³-hybridized carbons (Fsp3) is 0.214. The second kappa shape index (κ2) is 6.80. The smallest absolute Gasteiger partial charge is 0.0541 e. The van der Waals surface area contributed by atoms with Crippen LogP contribution >= 0.6 is 23.4 Å². The van der Waals surface area contributed by atoms with Crippen LogP contribution in [0.1, 0.15) is 11.6 Å². The van der Waals surface area contributed by atoms with Crippen molar-refractivity contribution in [3.05, 3.63) is 53.3 Å². The first-order valence-corrected chi connectivity index (χ1v) is 7.32. The van der Waals surface area contributed by atoms with E-state index >= 15 is 0 Å². The van der Waals surface area contributed by atoms with Crippen molar-refractivity contribution in [2.24, 2.45) is 0 Å². The third-order valence-corrected chi connectivity index (χ3v) is 4.46. The number of nitrogens with one attached hydrogen (secondary N) is 1. The molecule has 0 spiro atoms. The average molecular weight is 294 g/mol. The van der Waals surface area contributed by atoms with Gasteiger partial charge < -0.3 is 11.1 Å². The van der Waals surface area contributed by atoms with Crippen LogP contribution in [0.2, 0.25) is 5.02 Å². The normalized spacial score (nSPS) is 12.3. The second-order valence-corrected chi connectivity index (χ2v) is 5.56. The number of nitrogen functional groups attached to an aromatic ring is 1. The summed E-state index contributed by atoms with van der Waals surface area (Å²) in [6.07, 6.45) is 3.51. The van der Waals surface area contributed by atoms with E-state index in [-0.39, 0.29) is 6.04 Å². The van der Waals surface area contributed by atoms with E-state index < -0.39 is 0 Å². The summed E-state index contributed by atoms with van der Waals surface area (Å²) in [5, 5.41) is 4.04. The van der Waals surface area contributed by atoms with Crippen LogP contribution < -0.4 is 11.1 Å². The molecule has 1 heterocycles. The van der Waals surface area contributed by atoms with E-state index in [2.05, 4.69) is 10.3 Å². The zero-order chi connectivity index (χ0) is 13.7. The van der Waals surface area contributed by atoms with Gasteiger partial charge in [-0.25, -0.2) is 0 Å². The van der Waals surface area contributed by atoms with E-state index in [1.807, 2.05) is 43.6 Å². The van der Waals surface area contributed by atoms with Gasteiger partial charge in [-0.1, -0.05) is 23.7 Å². The molecule has 1 aromatic carbocycles. The van der Waals surface area contributed by atoms with Gasteiger partial charge >= 0.3 is 0 Å². The molecule has 0 fully saturated rings. The number of thioether (sulfide) groups is 1. The molecular formula is C14H16ClN3S. The second-order valence-electron chi connectivity index (χ2n) is 4.09. The molecule has 100 valence electrons. The molecule has 3 nitrogen and oxygen atoms in total. The molecule has 0 saturated carbocycles. The van der Waals surface area contributed by atoms with Crippen molar-refractivity contribution in [3.8, 4) is 0 Å². The third-order valence-electron chi connectivity index (χ3n) is 2.85. The van der Waals surface area contributed by atoms with Crippen LogP contribution in [0.25, 0.3) is 0 Å². The van der Waals surface area contributed by atoms with Crippen LogP contribution in [0.4, 0.5) is 5.69 Å². The van der Waals surface area contributed by atoms with E-state index in [1.54, 1.807) is 18.0 Å². The highest BCUT2D eigenvalue weighted by Crippen LogP contribution is 2.31. The highest BCUT2D eigenvalue weighted by atomic mass is 35.5. The topological polar surface area (TPSA) is 50.9 Å². The Hall–Kier alpha value is -1.23. The molecule has 5 heteroatoms.